The minimum absolute atomic E-state index is 0.0390. The molecule has 0 aliphatic rings. The smallest absolute Gasteiger partial charge is 0.265 e. The number of sulfonamides is 1. The van der Waals surface area contributed by atoms with Gasteiger partial charge in [0, 0.05) is 6.04 Å². The summed E-state index contributed by atoms with van der Waals surface area (Å²) >= 11 is 0. The Bertz CT molecular complexity index is 453. The molecule has 0 saturated heterocycles. The first-order chi connectivity index (χ1) is 7.89. The van der Waals surface area contributed by atoms with Crippen LogP contribution in [0.15, 0.2) is 29.2 Å². The Labute approximate surface area is 102 Å². The highest BCUT2D eigenvalue weighted by atomic mass is 32.2. The fourth-order valence-electron chi connectivity index (χ4n) is 1.26. The van der Waals surface area contributed by atoms with Crippen molar-refractivity contribution in [2.45, 2.75) is 31.7 Å². The van der Waals surface area contributed by atoms with E-state index in [1.54, 1.807) is 26.0 Å². The fourth-order valence-corrected chi connectivity index (χ4v) is 2.51. The van der Waals surface area contributed by atoms with Gasteiger partial charge in [0.2, 0.25) is 0 Å². The zero-order valence-electron chi connectivity index (χ0n) is 10.1. The summed E-state index contributed by atoms with van der Waals surface area (Å²) in [6.45, 7) is 5.54. The molecule has 1 N–H and O–H groups in total. The zero-order valence-corrected chi connectivity index (χ0v) is 10.9. The Morgan fingerprint density at radius 2 is 1.82 bits per heavy atom. The Balaban J connectivity index is 3.00. The van der Waals surface area contributed by atoms with E-state index in [9.17, 15) is 13.6 Å². The van der Waals surface area contributed by atoms with Gasteiger partial charge in [0.1, 0.15) is 5.75 Å². The molecule has 0 bridgehead atoms. The van der Waals surface area contributed by atoms with Gasteiger partial charge >= 0.3 is 0 Å². The first kappa shape index (κ1) is 14.0. The van der Waals surface area contributed by atoms with E-state index in [4.69, 9.17) is 4.74 Å². The van der Waals surface area contributed by atoms with Gasteiger partial charge in [0.25, 0.3) is 10.0 Å². The van der Waals surface area contributed by atoms with Gasteiger partial charge in [0.05, 0.1) is 11.5 Å². The molecule has 0 spiro atoms. The number of hydrogen-bond donors (Lipinski definition) is 1. The lowest BCUT2D eigenvalue weighted by molar-refractivity contribution is -0.0239. The second kappa shape index (κ2) is 5.48. The van der Waals surface area contributed by atoms with Gasteiger partial charge in [-0.3, -0.25) is 5.21 Å². The maximum Gasteiger partial charge on any atom is 0.265 e. The van der Waals surface area contributed by atoms with Crippen molar-refractivity contribution in [1.29, 1.82) is 0 Å². The van der Waals surface area contributed by atoms with Crippen LogP contribution in [0, 0.1) is 0 Å². The molecule has 6 heteroatoms. The average Bonchev–Trinajstić information content (AvgIpc) is 2.29. The molecule has 0 atom stereocenters. The second-order valence-corrected chi connectivity index (χ2v) is 5.57. The minimum Gasteiger partial charge on any atom is -0.494 e. The summed E-state index contributed by atoms with van der Waals surface area (Å²) in [5.74, 6) is 0.598. The van der Waals surface area contributed by atoms with Crippen LogP contribution in [0.4, 0.5) is 0 Å². The second-order valence-electron chi connectivity index (χ2n) is 3.78. The molecule has 96 valence electrons. The summed E-state index contributed by atoms with van der Waals surface area (Å²) in [5.41, 5.74) is 0. The van der Waals surface area contributed by atoms with E-state index in [0.29, 0.717) is 16.8 Å². The molecule has 0 amide bonds. The topological polar surface area (TPSA) is 66.8 Å². The normalized spacial score (nSPS) is 12.1. The number of hydroxylamine groups is 1. The van der Waals surface area contributed by atoms with Gasteiger partial charge < -0.3 is 4.74 Å². The molecular weight excluding hydrogens is 242 g/mol. The fraction of sp³-hybridized carbons (Fsp3) is 0.455. The SMILES string of the molecule is CCOc1ccc(S(=O)(=O)N(O)C(C)C)cc1. The molecular formula is C11H17NO4S. The van der Waals surface area contributed by atoms with Gasteiger partial charge in [-0.15, -0.1) is 0 Å². The number of benzene rings is 1. The largest absolute Gasteiger partial charge is 0.494 e. The molecule has 17 heavy (non-hydrogen) atoms. The van der Waals surface area contributed by atoms with Crippen molar-refractivity contribution in [2.24, 2.45) is 0 Å². The maximum absolute atomic E-state index is 11.9. The Kier molecular flexibility index (Phi) is 4.50. The van der Waals surface area contributed by atoms with Crippen LogP contribution in [0.25, 0.3) is 0 Å². The molecule has 0 radical (unpaired) electrons. The molecule has 0 aliphatic carbocycles. The molecule has 1 aromatic carbocycles. The van der Waals surface area contributed by atoms with E-state index in [1.165, 1.54) is 12.1 Å². The van der Waals surface area contributed by atoms with E-state index < -0.39 is 16.1 Å². The first-order valence-electron chi connectivity index (χ1n) is 5.35. The van der Waals surface area contributed by atoms with Crippen molar-refractivity contribution in [2.75, 3.05) is 6.61 Å². The van der Waals surface area contributed by atoms with Crippen LogP contribution in [-0.4, -0.2) is 30.7 Å². The van der Waals surface area contributed by atoms with E-state index in [2.05, 4.69) is 0 Å². The summed E-state index contributed by atoms with van der Waals surface area (Å²) in [6.07, 6.45) is 0. The molecule has 0 aliphatic heterocycles. The zero-order chi connectivity index (χ0) is 13.1. The van der Waals surface area contributed by atoms with Crippen molar-refractivity contribution < 1.29 is 18.4 Å². The van der Waals surface area contributed by atoms with E-state index in [-0.39, 0.29) is 4.90 Å². The first-order valence-corrected chi connectivity index (χ1v) is 6.79. The van der Waals surface area contributed by atoms with Crippen molar-refractivity contribution in [3.63, 3.8) is 0 Å². The van der Waals surface area contributed by atoms with Gasteiger partial charge in [0.15, 0.2) is 0 Å². The number of hydrogen-bond acceptors (Lipinski definition) is 4. The van der Waals surface area contributed by atoms with Gasteiger partial charge in [-0.25, -0.2) is 8.42 Å². The summed E-state index contributed by atoms with van der Waals surface area (Å²) in [5, 5.41) is 9.49. The minimum atomic E-state index is -3.84. The molecule has 5 nitrogen and oxygen atoms in total. The third-order valence-electron chi connectivity index (χ3n) is 2.12. The third kappa shape index (κ3) is 3.18. The van der Waals surface area contributed by atoms with Gasteiger partial charge in [-0.05, 0) is 45.0 Å². The van der Waals surface area contributed by atoms with Crippen LogP contribution < -0.4 is 4.74 Å². The summed E-state index contributed by atoms with van der Waals surface area (Å²) < 4.78 is 29.3. The third-order valence-corrected chi connectivity index (χ3v) is 3.90. The molecule has 0 saturated carbocycles. The molecule has 0 aromatic heterocycles. The van der Waals surface area contributed by atoms with Gasteiger partial charge in [-0.1, -0.05) is 4.47 Å². The summed E-state index contributed by atoms with van der Waals surface area (Å²) in [6, 6.07) is 5.43. The maximum atomic E-state index is 11.9. The molecule has 1 aromatic rings. The molecule has 0 fully saturated rings. The van der Waals surface area contributed by atoms with Crippen LogP contribution in [-0.2, 0) is 10.0 Å². The average molecular weight is 259 g/mol. The summed E-state index contributed by atoms with van der Waals surface area (Å²) in [7, 11) is -3.84. The Morgan fingerprint density at radius 1 is 1.29 bits per heavy atom. The molecule has 0 unspecified atom stereocenters. The predicted molar refractivity (Wildman–Crippen MR) is 63.6 cm³/mol. The van der Waals surface area contributed by atoms with Crippen molar-refractivity contribution in [3.05, 3.63) is 24.3 Å². The van der Waals surface area contributed by atoms with E-state index >= 15 is 0 Å². The lowest BCUT2D eigenvalue weighted by Gasteiger charge is -2.18. The highest BCUT2D eigenvalue weighted by Crippen LogP contribution is 2.19. The van der Waals surface area contributed by atoms with Crippen LogP contribution in [0.2, 0.25) is 0 Å². The highest BCUT2D eigenvalue weighted by Gasteiger charge is 2.25. The Hall–Kier alpha value is -1.11. The quantitative estimate of drug-likeness (QED) is 0.820. The van der Waals surface area contributed by atoms with Crippen LogP contribution >= 0.6 is 0 Å². The molecule has 1 rings (SSSR count). The van der Waals surface area contributed by atoms with E-state index in [1.807, 2.05) is 6.92 Å². The van der Waals surface area contributed by atoms with Gasteiger partial charge in [-0.2, -0.15) is 0 Å². The van der Waals surface area contributed by atoms with Crippen molar-refractivity contribution in [1.82, 2.24) is 4.47 Å². The van der Waals surface area contributed by atoms with Crippen molar-refractivity contribution in [3.8, 4) is 5.75 Å². The molecule has 0 heterocycles. The van der Waals surface area contributed by atoms with Crippen LogP contribution in [0.3, 0.4) is 0 Å². The van der Waals surface area contributed by atoms with Crippen LogP contribution in [0.1, 0.15) is 20.8 Å². The van der Waals surface area contributed by atoms with Crippen molar-refractivity contribution >= 4 is 10.0 Å². The Morgan fingerprint density at radius 3 is 2.24 bits per heavy atom. The lowest BCUT2D eigenvalue weighted by Crippen LogP contribution is -2.33. The standard InChI is InChI=1S/C11H17NO4S/c1-4-16-10-5-7-11(8-6-10)17(14,15)12(13)9(2)3/h5-9,13H,4H2,1-3H3. The monoisotopic (exact) mass is 259 g/mol. The predicted octanol–water partition coefficient (Wildman–Crippen LogP) is 1.87. The summed E-state index contributed by atoms with van der Waals surface area (Å²) in [4.78, 5) is 0.0390. The number of rotatable bonds is 5. The van der Waals surface area contributed by atoms with Crippen LogP contribution in [0.5, 0.6) is 5.75 Å². The van der Waals surface area contributed by atoms with E-state index in [0.717, 1.165) is 0 Å². The highest BCUT2D eigenvalue weighted by molar-refractivity contribution is 7.89. The number of ether oxygens (including phenoxy) is 1. The lowest BCUT2D eigenvalue weighted by atomic mass is 10.3. The number of nitrogens with zero attached hydrogens (tertiary/aromatic N) is 1.